The molecule has 3 nitrogen and oxygen atoms in total. The first-order valence-corrected chi connectivity index (χ1v) is 7.96. The second-order valence-corrected chi connectivity index (χ2v) is 6.03. The van der Waals surface area contributed by atoms with Crippen molar-refractivity contribution in [2.45, 2.75) is 51.1 Å². The largest absolute Gasteiger partial charge is 0.493 e. The van der Waals surface area contributed by atoms with Gasteiger partial charge in [-0.2, -0.15) is 0 Å². The molecule has 1 aromatic carbocycles. The Morgan fingerprint density at radius 1 is 1.25 bits per heavy atom. The molecule has 0 saturated heterocycles. The minimum Gasteiger partial charge on any atom is -0.493 e. The summed E-state index contributed by atoms with van der Waals surface area (Å²) < 4.78 is 5.58. The summed E-state index contributed by atoms with van der Waals surface area (Å²) in [6.45, 7) is 3.14. The molecule has 0 bridgehead atoms. The number of rotatable bonds is 6. The molecule has 1 fully saturated rings. The van der Waals surface area contributed by atoms with E-state index in [1.807, 2.05) is 0 Å². The number of hydrogen-bond donors (Lipinski definition) is 1. The van der Waals surface area contributed by atoms with Gasteiger partial charge >= 0.3 is 0 Å². The molecule has 3 heteroatoms. The minimum absolute atomic E-state index is 0.293. The Morgan fingerprint density at radius 2 is 2.10 bits per heavy atom. The van der Waals surface area contributed by atoms with Gasteiger partial charge in [-0.15, -0.1) is 0 Å². The summed E-state index contributed by atoms with van der Waals surface area (Å²) in [5, 5.41) is 9.11. The van der Waals surface area contributed by atoms with E-state index in [-0.39, 0.29) is 0 Å². The van der Waals surface area contributed by atoms with Crippen LogP contribution in [0, 0.1) is 0 Å². The van der Waals surface area contributed by atoms with E-state index in [0.717, 1.165) is 38.3 Å². The Labute approximate surface area is 121 Å². The summed E-state index contributed by atoms with van der Waals surface area (Å²) in [6.07, 6.45) is 7.28. The van der Waals surface area contributed by atoms with E-state index in [2.05, 4.69) is 23.1 Å². The summed E-state index contributed by atoms with van der Waals surface area (Å²) in [4.78, 5) is 2.57. The van der Waals surface area contributed by atoms with Gasteiger partial charge in [0, 0.05) is 32.2 Å². The van der Waals surface area contributed by atoms with Crippen LogP contribution in [0.2, 0.25) is 0 Å². The van der Waals surface area contributed by atoms with E-state index in [4.69, 9.17) is 9.84 Å². The Bertz CT molecular complexity index is 441. The fourth-order valence-electron chi connectivity index (χ4n) is 3.51. The third-order valence-electron chi connectivity index (χ3n) is 4.58. The van der Waals surface area contributed by atoms with Gasteiger partial charge in [0.05, 0.1) is 6.61 Å². The van der Waals surface area contributed by atoms with Gasteiger partial charge in [-0.3, -0.25) is 4.90 Å². The highest BCUT2D eigenvalue weighted by Gasteiger charge is 2.22. The quantitative estimate of drug-likeness (QED) is 0.866. The first-order valence-electron chi connectivity index (χ1n) is 7.96. The summed E-state index contributed by atoms with van der Waals surface area (Å²) in [7, 11) is 0. The topological polar surface area (TPSA) is 32.7 Å². The van der Waals surface area contributed by atoms with Crippen LogP contribution in [-0.2, 0) is 13.0 Å². The highest BCUT2D eigenvalue weighted by Crippen LogP contribution is 2.28. The smallest absolute Gasteiger partial charge is 0.122 e. The number of aliphatic hydroxyl groups excluding tert-OH is 1. The molecule has 1 N–H and O–H groups in total. The SMILES string of the molecule is OCCCN(Cc1ccc2c(c1)CCO2)C1CCCC1. The summed E-state index contributed by atoms with van der Waals surface area (Å²) in [6, 6.07) is 7.34. The molecule has 0 radical (unpaired) electrons. The molecule has 0 unspecified atom stereocenters. The highest BCUT2D eigenvalue weighted by molar-refractivity contribution is 5.39. The number of fused-ring (bicyclic) bond motifs is 1. The lowest BCUT2D eigenvalue weighted by molar-refractivity contribution is 0.167. The maximum atomic E-state index is 9.11. The normalized spacial score (nSPS) is 18.5. The van der Waals surface area contributed by atoms with Crippen LogP contribution in [-0.4, -0.2) is 35.8 Å². The molecule has 1 aliphatic carbocycles. The maximum Gasteiger partial charge on any atom is 0.122 e. The monoisotopic (exact) mass is 275 g/mol. The van der Waals surface area contributed by atoms with Gasteiger partial charge in [0.1, 0.15) is 5.75 Å². The van der Waals surface area contributed by atoms with Crippen LogP contribution in [0.25, 0.3) is 0 Å². The van der Waals surface area contributed by atoms with E-state index in [1.165, 1.54) is 36.8 Å². The van der Waals surface area contributed by atoms with Gasteiger partial charge in [-0.05, 0) is 36.5 Å². The number of benzene rings is 1. The molecule has 1 heterocycles. The van der Waals surface area contributed by atoms with Crippen molar-refractivity contribution < 1.29 is 9.84 Å². The molecular weight excluding hydrogens is 250 g/mol. The highest BCUT2D eigenvalue weighted by atomic mass is 16.5. The molecule has 1 aliphatic heterocycles. The molecule has 1 aromatic rings. The Kier molecular flexibility index (Phi) is 4.58. The van der Waals surface area contributed by atoms with Crippen LogP contribution in [0.1, 0.15) is 43.2 Å². The van der Waals surface area contributed by atoms with Crippen LogP contribution in [0.3, 0.4) is 0 Å². The molecule has 0 spiro atoms. The van der Waals surface area contributed by atoms with Gasteiger partial charge in [-0.1, -0.05) is 25.0 Å². The van der Waals surface area contributed by atoms with E-state index < -0.39 is 0 Å². The van der Waals surface area contributed by atoms with Crippen molar-refractivity contribution >= 4 is 0 Å². The van der Waals surface area contributed by atoms with Gasteiger partial charge in [0.2, 0.25) is 0 Å². The van der Waals surface area contributed by atoms with Gasteiger partial charge in [-0.25, -0.2) is 0 Å². The van der Waals surface area contributed by atoms with E-state index >= 15 is 0 Å². The molecule has 20 heavy (non-hydrogen) atoms. The summed E-state index contributed by atoms with van der Waals surface area (Å²) in [5.74, 6) is 1.07. The molecule has 3 rings (SSSR count). The van der Waals surface area contributed by atoms with E-state index in [1.54, 1.807) is 0 Å². The van der Waals surface area contributed by atoms with Crippen molar-refractivity contribution in [3.05, 3.63) is 29.3 Å². The zero-order valence-corrected chi connectivity index (χ0v) is 12.2. The Hall–Kier alpha value is -1.06. The van der Waals surface area contributed by atoms with Gasteiger partial charge < -0.3 is 9.84 Å². The first-order chi connectivity index (χ1) is 9.86. The third-order valence-corrected chi connectivity index (χ3v) is 4.58. The summed E-state index contributed by atoms with van der Waals surface area (Å²) >= 11 is 0. The lowest BCUT2D eigenvalue weighted by Gasteiger charge is -2.28. The molecule has 0 aromatic heterocycles. The fraction of sp³-hybridized carbons (Fsp3) is 0.647. The van der Waals surface area contributed by atoms with E-state index in [0.29, 0.717) is 12.6 Å². The number of nitrogens with zero attached hydrogens (tertiary/aromatic N) is 1. The van der Waals surface area contributed by atoms with Crippen molar-refractivity contribution in [3.8, 4) is 5.75 Å². The molecule has 2 aliphatic rings. The summed E-state index contributed by atoms with van der Waals surface area (Å²) in [5.41, 5.74) is 2.75. The molecule has 110 valence electrons. The average molecular weight is 275 g/mol. The number of ether oxygens (including phenoxy) is 1. The van der Waals surface area contributed by atoms with E-state index in [9.17, 15) is 0 Å². The van der Waals surface area contributed by atoms with Crippen molar-refractivity contribution in [1.29, 1.82) is 0 Å². The van der Waals surface area contributed by atoms with Crippen molar-refractivity contribution in [2.75, 3.05) is 19.8 Å². The van der Waals surface area contributed by atoms with Crippen LogP contribution in [0.5, 0.6) is 5.75 Å². The minimum atomic E-state index is 0.293. The number of hydrogen-bond acceptors (Lipinski definition) is 3. The van der Waals surface area contributed by atoms with Gasteiger partial charge in [0.25, 0.3) is 0 Å². The third kappa shape index (κ3) is 3.15. The van der Waals surface area contributed by atoms with Crippen molar-refractivity contribution in [1.82, 2.24) is 4.90 Å². The first kappa shape index (κ1) is 13.9. The lowest BCUT2D eigenvalue weighted by Crippen LogP contribution is -2.34. The molecule has 1 saturated carbocycles. The van der Waals surface area contributed by atoms with Crippen LogP contribution < -0.4 is 4.74 Å². The lowest BCUT2D eigenvalue weighted by atomic mass is 10.1. The van der Waals surface area contributed by atoms with Crippen molar-refractivity contribution in [2.24, 2.45) is 0 Å². The van der Waals surface area contributed by atoms with Crippen LogP contribution in [0.15, 0.2) is 18.2 Å². The molecule has 0 atom stereocenters. The number of aliphatic hydroxyl groups is 1. The molecule has 0 amide bonds. The van der Waals surface area contributed by atoms with Crippen molar-refractivity contribution in [3.63, 3.8) is 0 Å². The maximum absolute atomic E-state index is 9.11. The average Bonchev–Trinajstić information content (AvgIpc) is 3.13. The van der Waals surface area contributed by atoms with Crippen LogP contribution >= 0.6 is 0 Å². The second kappa shape index (κ2) is 6.59. The van der Waals surface area contributed by atoms with Gasteiger partial charge in [0.15, 0.2) is 0 Å². The Balaban J connectivity index is 1.68. The standard InChI is InChI=1S/C17H25NO2/c19-10-3-9-18(16-4-1-2-5-16)13-14-6-7-17-15(12-14)8-11-20-17/h6-7,12,16,19H,1-5,8-11,13H2. The fourth-order valence-corrected chi connectivity index (χ4v) is 3.51. The Morgan fingerprint density at radius 3 is 2.90 bits per heavy atom. The zero-order valence-electron chi connectivity index (χ0n) is 12.2. The predicted octanol–water partition coefficient (Wildman–Crippen LogP) is 2.75. The van der Waals surface area contributed by atoms with Crippen LogP contribution in [0.4, 0.5) is 0 Å². The predicted molar refractivity (Wildman–Crippen MR) is 80.0 cm³/mol. The molecular formula is C17H25NO2. The zero-order chi connectivity index (χ0) is 13.8. The second-order valence-electron chi connectivity index (χ2n) is 6.03.